The summed E-state index contributed by atoms with van der Waals surface area (Å²) in [7, 11) is 2.68. The first-order valence-corrected chi connectivity index (χ1v) is 1.75. The number of ether oxygens (including phenoxy) is 2. The maximum absolute atomic E-state index is 10.0. The topological polar surface area (TPSA) is 35.5 Å². The fraction of sp³-hybridized carbons (Fsp3) is 0.500. The van der Waals surface area contributed by atoms with Crippen molar-refractivity contribution in [2.75, 3.05) is 14.2 Å². The molecule has 0 saturated heterocycles. The lowest BCUT2D eigenvalue weighted by Crippen LogP contribution is -2.00. The van der Waals surface area contributed by atoms with Gasteiger partial charge in [-0.1, -0.05) is 0 Å². The van der Waals surface area contributed by atoms with Crippen molar-refractivity contribution in [1.29, 1.82) is 0 Å². The van der Waals surface area contributed by atoms with E-state index in [1.165, 1.54) is 14.2 Å². The fourth-order valence-corrected chi connectivity index (χ4v) is 0.144. The van der Waals surface area contributed by atoms with Gasteiger partial charge in [-0.3, -0.25) is 0 Å². The first-order chi connectivity index (χ1) is 3.31. The Hall–Kier alpha value is -0.570. The molecule has 0 spiro atoms. The quantitative estimate of drug-likeness (QED) is 0.460. The molecule has 0 amide bonds. The van der Waals surface area contributed by atoms with Crippen LogP contribution in [0.4, 0.5) is 0 Å². The summed E-state index contributed by atoms with van der Waals surface area (Å²) in [6.45, 7) is 0.986. The van der Waals surface area contributed by atoms with E-state index in [9.17, 15) is 4.79 Å². The van der Waals surface area contributed by atoms with E-state index in [-0.39, 0.29) is 0 Å². The normalized spacial score (nSPS) is 8.29. The maximum Gasteiger partial charge on any atom is 0.338 e. The predicted molar refractivity (Wildman–Crippen MR) is 23.3 cm³/mol. The van der Waals surface area contributed by atoms with E-state index in [0.717, 1.165) is 6.61 Å². The van der Waals surface area contributed by atoms with E-state index in [4.69, 9.17) is 0 Å². The van der Waals surface area contributed by atoms with Gasteiger partial charge in [0.1, 0.15) is 0 Å². The number of methoxy groups -OCH3 is 2. The fourth-order valence-electron chi connectivity index (χ4n) is 0.144. The number of esters is 1. The van der Waals surface area contributed by atoms with Crippen molar-refractivity contribution in [2.45, 2.75) is 0 Å². The van der Waals surface area contributed by atoms with Crippen molar-refractivity contribution in [2.24, 2.45) is 0 Å². The molecule has 0 heterocycles. The van der Waals surface area contributed by atoms with Gasteiger partial charge in [0.05, 0.1) is 7.11 Å². The summed E-state index contributed by atoms with van der Waals surface area (Å²) < 4.78 is 8.47. The van der Waals surface area contributed by atoms with Gasteiger partial charge in [0.25, 0.3) is 0 Å². The molecule has 0 rings (SSSR count). The smallest absolute Gasteiger partial charge is 0.338 e. The average molecular weight is 103 g/mol. The maximum atomic E-state index is 10.0. The predicted octanol–water partition coefficient (Wildman–Crippen LogP) is -0.0324. The van der Waals surface area contributed by atoms with Crippen LogP contribution in [0.3, 0.4) is 0 Å². The second-order valence-electron chi connectivity index (χ2n) is 0.877. The number of carbonyl (C=O) groups excluding carboxylic acids is 1. The SMILES string of the molecule is CO[CH]C(=O)OC. The molecule has 0 atom stereocenters. The van der Waals surface area contributed by atoms with E-state index in [1.807, 2.05) is 0 Å². The molecule has 1 radical (unpaired) electrons. The van der Waals surface area contributed by atoms with Gasteiger partial charge in [-0.25, -0.2) is 4.79 Å². The minimum atomic E-state index is -0.470. The van der Waals surface area contributed by atoms with E-state index in [2.05, 4.69) is 9.47 Å². The summed E-state index contributed by atoms with van der Waals surface area (Å²) in [5.41, 5.74) is 0. The summed E-state index contributed by atoms with van der Waals surface area (Å²) >= 11 is 0. The minimum absolute atomic E-state index is 0.470. The molecule has 0 N–H and O–H groups in total. The van der Waals surface area contributed by atoms with Gasteiger partial charge in [0.2, 0.25) is 0 Å². The summed E-state index contributed by atoms with van der Waals surface area (Å²) in [6, 6.07) is 0. The van der Waals surface area contributed by atoms with Crippen molar-refractivity contribution in [3.8, 4) is 0 Å². The standard InChI is InChI=1S/C4H7O3/c1-6-3-4(5)7-2/h3H,1-2H3. The van der Waals surface area contributed by atoms with Crippen molar-refractivity contribution in [1.82, 2.24) is 0 Å². The van der Waals surface area contributed by atoms with Crippen molar-refractivity contribution >= 4 is 5.97 Å². The third-order valence-corrected chi connectivity index (χ3v) is 0.415. The van der Waals surface area contributed by atoms with Crippen LogP contribution in [0.5, 0.6) is 0 Å². The molecule has 0 aromatic heterocycles. The van der Waals surface area contributed by atoms with Crippen LogP contribution >= 0.6 is 0 Å². The number of hydrogen-bond donors (Lipinski definition) is 0. The Morgan fingerprint density at radius 1 is 1.57 bits per heavy atom. The first-order valence-electron chi connectivity index (χ1n) is 1.75. The van der Waals surface area contributed by atoms with Crippen LogP contribution in [0, 0.1) is 6.61 Å². The van der Waals surface area contributed by atoms with Gasteiger partial charge < -0.3 is 9.47 Å². The molecule has 0 saturated carbocycles. The Labute approximate surface area is 42.2 Å². The molecule has 0 fully saturated rings. The second kappa shape index (κ2) is 3.61. The molecule has 0 aliphatic carbocycles. The van der Waals surface area contributed by atoms with Crippen LogP contribution in [0.25, 0.3) is 0 Å². The summed E-state index contributed by atoms with van der Waals surface area (Å²) in [4.78, 5) is 10.0. The largest absolute Gasteiger partial charge is 0.467 e. The van der Waals surface area contributed by atoms with Gasteiger partial charge in [0, 0.05) is 7.11 Å². The van der Waals surface area contributed by atoms with Gasteiger partial charge in [-0.05, 0) is 0 Å². The van der Waals surface area contributed by atoms with E-state index < -0.39 is 5.97 Å². The Bertz CT molecular complexity index is 60.0. The first kappa shape index (κ1) is 6.43. The molecule has 0 aliphatic rings. The highest BCUT2D eigenvalue weighted by atomic mass is 16.6. The average Bonchev–Trinajstić information content (AvgIpc) is 1.68. The Balaban J connectivity index is 3.00. The molecular formula is C4H7O3. The van der Waals surface area contributed by atoms with E-state index in [0.29, 0.717) is 0 Å². The Kier molecular flexibility index (Phi) is 3.32. The van der Waals surface area contributed by atoms with Crippen LogP contribution in [-0.2, 0) is 14.3 Å². The minimum Gasteiger partial charge on any atom is -0.467 e. The van der Waals surface area contributed by atoms with Crippen LogP contribution < -0.4 is 0 Å². The molecule has 0 aromatic rings. The van der Waals surface area contributed by atoms with Crippen LogP contribution in [0.15, 0.2) is 0 Å². The zero-order valence-electron chi connectivity index (χ0n) is 4.30. The molecular weight excluding hydrogens is 96.0 g/mol. The van der Waals surface area contributed by atoms with Gasteiger partial charge in [-0.15, -0.1) is 0 Å². The van der Waals surface area contributed by atoms with Gasteiger partial charge in [-0.2, -0.15) is 0 Å². The Morgan fingerprint density at radius 3 is 2.29 bits per heavy atom. The van der Waals surface area contributed by atoms with Crippen molar-refractivity contribution < 1.29 is 14.3 Å². The highest BCUT2D eigenvalue weighted by Gasteiger charge is 1.94. The van der Waals surface area contributed by atoms with Crippen LogP contribution in [0.2, 0.25) is 0 Å². The van der Waals surface area contributed by atoms with Crippen molar-refractivity contribution in [3.63, 3.8) is 0 Å². The lowest BCUT2D eigenvalue weighted by Gasteiger charge is -1.91. The second-order valence-corrected chi connectivity index (χ2v) is 0.877. The number of rotatable bonds is 2. The molecule has 3 heteroatoms. The molecule has 0 unspecified atom stereocenters. The number of carbonyl (C=O) groups is 1. The summed E-state index contributed by atoms with van der Waals surface area (Å²) in [6.07, 6.45) is 0. The van der Waals surface area contributed by atoms with Gasteiger partial charge >= 0.3 is 5.97 Å². The van der Waals surface area contributed by atoms with E-state index in [1.54, 1.807) is 0 Å². The lowest BCUT2D eigenvalue weighted by molar-refractivity contribution is -0.140. The van der Waals surface area contributed by atoms with Crippen LogP contribution in [0.1, 0.15) is 0 Å². The lowest BCUT2D eigenvalue weighted by atomic mass is 10.7. The third kappa shape index (κ3) is 3.26. The third-order valence-electron chi connectivity index (χ3n) is 0.415. The Morgan fingerprint density at radius 2 is 2.14 bits per heavy atom. The molecule has 0 bridgehead atoms. The molecule has 3 nitrogen and oxygen atoms in total. The molecule has 0 aliphatic heterocycles. The van der Waals surface area contributed by atoms with Crippen molar-refractivity contribution in [3.05, 3.63) is 6.61 Å². The zero-order valence-corrected chi connectivity index (χ0v) is 4.30. The van der Waals surface area contributed by atoms with Crippen LogP contribution in [-0.4, -0.2) is 20.2 Å². The van der Waals surface area contributed by atoms with Gasteiger partial charge in [0.15, 0.2) is 6.61 Å². The molecule has 0 aromatic carbocycles. The molecule has 41 valence electrons. The molecule has 7 heavy (non-hydrogen) atoms. The highest BCUT2D eigenvalue weighted by Crippen LogP contribution is 1.78. The van der Waals surface area contributed by atoms with E-state index >= 15 is 0 Å². The number of hydrogen-bond acceptors (Lipinski definition) is 3. The monoisotopic (exact) mass is 103 g/mol. The summed E-state index contributed by atoms with van der Waals surface area (Å²) in [5, 5.41) is 0. The zero-order chi connectivity index (χ0) is 5.70. The highest BCUT2D eigenvalue weighted by molar-refractivity contribution is 5.76. The summed E-state index contributed by atoms with van der Waals surface area (Å²) in [5.74, 6) is -0.470.